The second kappa shape index (κ2) is 5.33. The number of rotatable bonds is 3. The number of anilines is 1. The summed E-state index contributed by atoms with van der Waals surface area (Å²) in [6.07, 6.45) is 0. The molecule has 2 aromatic rings. The highest BCUT2D eigenvalue weighted by atomic mass is 15.0. The van der Waals surface area contributed by atoms with E-state index in [1.165, 1.54) is 5.56 Å². The SMILES string of the molecule is Cc1ccc(C#N)c(NC(C)c2ccccc2)n1. The van der Waals surface area contributed by atoms with Crippen molar-refractivity contribution in [1.29, 1.82) is 5.26 Å². The maximum absolute atomic E-state index is 9.06. The molecule has 0 bridgehead atoms. The van der Waals surface area contributed by atoms with E-state index in [1.54, 1.807) is 6.07 Å². The van der Waals surface area contributed by atoms with Crippen molar-refractivity contribution in [3.63, 3.8) is 0 Å². The van der Waals surface area contributed by atoms with E-state index in [9.17, 15) is 0 Å². The summed E-state index contributed by atoms with van der Waals surface area (Å²) in [5.41, 5.74) is 2.64. The van der Waals surface area contributed by atoms with Gasteiger partial charge in [0.2, 0.25) is 0 Å². The minimum Gasteiger partial charge on any atom is -0.362 e. The first-order chi connectivity index (χ1) is 8.70. The maximum Gasteiger partial charge on any atom is 0.144 e. The van der Waals surface area contributed by atoms with Gasteiger partial charge in [-0.25, -0.2) is 4.98 Å². The van der Waals surface area contributed by atoms with E-state index in [1.807, 2.05) is 31.2 Å². The van der Waals surface area contributed by atoms with Crippen molar-refractivity contribution >= 4 is 5.82 Å². The number of hydrogen-bond donors (Lipinski definition) is 1. The Morgan fingerprint density at radius 2 is 1.89 bits per heavy atom. The van der Waals surface area contributed by atoms with Gasteiger partial charge in [-0.3, -0.25) is 0 Å². The molecule has 1 aromatic heterocycles. The molecule has 0 fully saturated rings. The summed E-state index contributed by atoms with van der Waals surface area (Å²) in [6, 6.07) is 16.0. The number of nitriles is 1. The van der Waals surface area contributed by atoms with E-state index >= 15 is 0 Å². The van der Waals surface area contributed by atoms with Crippen LogP contribution in [0.3, 0.4) is 0 Å². The fourth-order valence-electron chi connectivity index (χ4n) is 1.79. The van der Waals surface area contributed by atoms with Crippen LogP contribution in [0.15, 0.2) is 42.5 Å². The number of aromatic nitrogens is 1. The molecule has 1 N–H and O–H groups in total. The third kappa shape index (κ3) is 2.67. The molecule has 2 rings (SSSR count). The van der Waals surface area contributed by atoms with Gasteiger partial charge in [-0.05, 0) is 31.5 Å². The Labute approximate surface area is 107 Å². The Morgan fingerprint density at radius 1 is 1.17 bits per heavy atom. The summed E-state index contributed by atoms with van der Waals surface area (Å²) < 4.78 is 0. The van der Waals surface area contributed by atoms with Crippen LogP contribution in [-0.4, -0.2) is 4.98 Å². The normalized spacial score (nSPS) is 11.6. The predicted octanol–water partition coefficient (Wildman–Crippen LogP) is 3.43. The largest absolute Gasteiger partial charge is 0.362 e. The van der Waals surface area contributed by atoms with E-state index in [2.05, 4.69) is 35.4 Å². The minimum atomic E-state index is 0.118. The molecule has 0 aliphatic carbocycles. The van der Waals surface area contributed by atoms with Gasteiger partial charge < -0.3 is 5.32 Å². The smallest absolute Gasteiger partial charge is 0.144 e. The molecule has 1 heterocycles. The van der Waals surface area contributed by atoms with Gasteiger partial charge in [-0.15, -0.1) is 0 Å². The van der Waals surface area contributed by atoms with Gasteiger partial charge in [0.05, 0.1) is 5.56 Å². The van der Waals surface area contributed by atoms with E-state index in [-0.39, 0.29) is 6.04 Å². The highest BCUT2D eigenvalue weighted by molar-refractivity contribution is 5.53. The molecule has 0 amide bonds. The summed E-state index contributed by atoms with van der Waals surface area (Å²) in [6.45, 7) is 3.97. The van der Waals surface area contributed by atoms with Crippen molar-refractivity contribution in [1.82, 2.24) is 4.98 Å². The molecule has 1 unspecified atom stereocenters. The topological polar surface area (TPSA) is 48.7 Å². The van der Waals surface area contributed by atoms with Crippen molar-refractivity contribution < 1.29 is 0 Å². The van der Waals surface area contributed by atoms with Gasteiger partial charge >= 0.3 is 0 Å². The van der Waals surface area contributed by atoms with Crippen LogP contribution >= 0.6 is 0 Å². The first-order valence-electron chi connectivity index (χ1n) is 5.90. The maximum atomic E-state index is 9.06. The third-order valence-corrected chi connectivity index (χ3v) is 2.81. The van der Waals surface area contributed by atoms with Crippen LogP contribution in [0.2, 0.25) is 0 Å². The fourth-order valence-corrected chi connectivity index (χ4v) is 1.79. The van der Waals surface area contributed by atoms with Gasteiger partial charge in [0, 0.05) is 11.7 Å². The number of nitrogens with zero attached hydrogens (tertiary/aromatic N) is 2. The van der Waals surface area contributed by atoms with Crippen LogP contribution < -0.4 is 5.32 Å². The molecule has 90 valence electrons. The van der Waals surface area contributed by atoms with Gasteiger partial charge in [0.1, 0.15) is 11.9 Å². The van der Waals surface area contributed by atoms with Gasteiger partial charge in [0.15, 0.2) is 0 Å². The second-order valence-electron chi connectivity index (χ2n) is 4.24. The van der Waals surface area contributed by atoms with Crippen LogP contribution in [0, 0.1) is 18.3 Å². The molecule has 0 aliphatic rings. The Kier molecular flexibility index (Phi) is 3.59. The summed E-state index contributed by atoms with van der Waals surface area (Å²) in [7, 11) is 0. The van der Waals surface area contributed by atoms with Crippen LogP contribution in [0.25, 0.3) is 0 Å². The molecule has 3 nitrogen and oxygen atoms in total. The number of aryl methyl sites for hydroxylation is 1. The zero-order chi connectivity index (χ0) is 13.0. The average molecular weight is 237 g/mol. The lowest BCUT2D eigenvalue weighted by Gasteiger charge is -2.16. The Morgan fingerprint density at radius 3 is 2.56 bits per heavy atom. The summed E-state index contributed by atoms with van der Waals surface area (Å²) in [4.78, 5) is 4.38. The quantitative estimate of drug-likeness (QED) is 0.889. The lowest BCUT2D eigenvalue weighted by molar-refractivity contribution is 0.871. The molecule has 0 saturated carbocycles. The Bertz CT molecular complexity index is 570. The van der Waals surface area contributed by atoms with E-state index in [4.69, 9.17) is 5.26 Å². The summed E-state index contributed by atoms with van der Waals surface area (Å²) in [5, 5.41) is 12.3. The van der Waals surface area contributed by atoms with Crippen LogP contribution in [-0.2, 0) is 0 Å². The fraction of sp³-hybridized carbons (Fsp3) is 0.200. The van der Waals surface area contributed by atoms with E-state index < -0.39 is 0 Å². The molecule has 0 spiro atoms. The molecule has 1 aromatic carbocycles. The molecule has 3 heteroatoms. The predicted molar refractivity (Wildman–Crippen MR) is 72.2 cm³/mol. The second-order valence-corrected chi connectivity index (χ2v) is 4.24. The highest BCUT2D eigenvalue weighted by Crippen LogP contribution is 2.20. The van der Waals surface area contributed by atoms with Gasteiger partial charge in [-0.2, -0.15) is 5.26 Å². The lowest BCUT2D eigenvalue weighted by atomic mass is 10.1. The van der Waals surface area contributed by atoms with Crippen LogP contribution in [0.4, 0.5) is 5.82 Å². The highest BCUT2D eigenvalue weighted by Gasteiger charge is 2.09. The van der Waals surface area contributed by atoms with Crippen LogP contribution in [0.1, 0.15) is 29.8 Å². The number of benzene rings is 1. The zero-order valence-electron chi connectivity index (χ0n) is 10.5. The minimum absolute atomic E-state index is 0.118. The molecule has 0 radical (unpaired) electrons. The van der Waals surface area contributed by atoms with Crippen molar-refractivity contribution in [2.45, 2.75) is 19.9 Å². The van der Waals surface area contributed by atoms with E-state index in [0.29, 0.717) is 11.4 Å². The lowest BCUT2D eigenvalue weighted by Crippen LogP contribution is -2.09. The Hall–Kier alpha value is -2.34. The van der Waals surface area contributed by atoms with Crippen molar-refractivity contribution in [2.24, 2.45) is 0 Å². The van der Waals surface area contributed by atoms with Crippen LogP contribution in [0.5, 0.6) is 0 Å². The van der Waals surface area contributed by atoms with Crippen molar-refractivity contribution in [3.8, 4) is 6.07 Å². The molecule has 18 heavy (non-hydrogen) atoms. The molecule has 1 atom stereocenters. The molecule has 0 saturated heterocycles. The zero-order valence-corrected chi connectivity index (χ0v) is 10.5. The number of hydrogen-bond acceptors (Lipinski definition) is 3. The third-order valence-electron chi connectivity index (χ3n) is 2.81. The van der Waals surface area contributed by atoms with Crippen molar-refractivity contribution in [2.75, 3.05) is 5.32 Å². The average Bonchev–Trinajstić information content (AvgIpc) is 2.40. The number of pyridine rings is 1. The van der Waals surface area contributed by atoms with E-state index in [0.717, 1.165) is 5.69 Å². The number of nitrogens with one attached hydrogen (secondary N) is 1. The summed E-state index contributed by atoms with van der Waals surface area (Å²) >= 11 is 0. The molecule has 0 aliphatic heterocycles. The first kappa shape index (κ1) is 12.1. The summed E-state index contributed by atoms with van der Waals surface area (Å²) in [5.74, 6) is 0.647. The Balaban J connectivity index is 2.24. The first-order valence-corrected chi connectivity index (χ1v) is 5.90. The van der Waals surface area contributed by atoms with Crippen molar-refractivity contribution in [3.05, 3.63) is 59.3 Å². The standard InChI is InChI=1S/C15H15N3/c1-11-8-9-14(10-16)15(17-11)18-12(2)13-6-4-3-5-7-13/h3-9,12H,1-2H3,(H,17,18). The van der Waals surface area contributed by atoms with Gasteiger partial charge in [-0.1, -0.05) is 30.3 Å². The molecular weight excluding hydrogens is 222 g/mol. The van der Waals surface area contributed by atoms with Gasteiger partial charge in [0.25, 0.3) is 0 Å². The monoisotopic (exact) mass is 237 g/mol. The molecular formula is C15H15N3.